The summed E-state index contributed by atoms with van der Waals surface area (Å²) in [5, 5.41) is 3.20. The number of hydrogen-bond acceptors (Lipinski definition) is 2. The van der Waals surface area contributed by atoms with Crippen LogP contribution in [-0.4, -0.2) is 12.1 Å². The molecule has 0 aliphatic rings. The average molecular weight is 182 g/mol. The van der Waals surface area contributed by atoms with E-state index in [2.05, 4.69) is 5.32 Å². The summed E-state index contributed by atoms with van der Waals surface area (Å²) in [5.74, 6) is -0.226. The van der Waals surface area contributed by atoms with Gasteiger partial charge in [0.05, 0.1) is 0 Å². The zero-order valence-corrected chi connectivity index (χ0v) is 7.97. The zero-order valence-electron chi connectivity index (χ0n) is 7.97. The van der Waals surface area contributed by atoms with Crippen molar-refractivity contribution in [2.45, 2.75) is 19.4 Å². The van der Waals surface area contributed by atoms with Gasteiger partial charge in [-0.2, -0.15) is 0 Å². The van der Waals surface area contributed by atoms with Crippen LogP contribution in [0.4, 0.5) is 10.1 Å². The zero-order chi connectivity index (χ0) is 9.90. The highest BCUT2D eigenvalue weighted by Gasteiger charge is 2.13. The van der Waals surface area contributed by atoms with Gasteiger partial charge in [-0.15, -0.1) is 0 Å². The highest BCUT2D eigenvalue weighted by Crippen LogP contribution is 2.14. The maximum absolute atomic E-state index is 12.5. The van der Waals surface area contributed by atoms with E-state index in [1.54, 1.807) is 12.1 Å². The minimum atomic E-state index is -0.226. The SMILES string of the molecule is CC(C)(CN)Nc1ccc(F)cc1. The largest absolute Gasteiger partial charge is 0.379 e. The number of hydrogen-bond donors (Lipinski definition) is 2. The molecule has 0 aromatic heterocycles. The molecule has 72 valence electrons. The molecule has 0 saturated carbocycles. The second-order valence-corrected chi connectivity index (χ2v) is 3.72. The average Bonchev–Trinajstić information content (AvgIpc) is 2.09. The Morgan fingerprint density at radius 3 is 2.31 bits per heavy atom. The lowest BCUT2D eigenvalue weighted by molar-refractivity contribution is 0.579. The maximum Gasteiger partial charge on any atom is 0.123 e. The smallest absolute Gasteiger partial charge is 0.123 e. The van der Waals surface area contributed by atoms with Crippen LogP contribution in [0.2, 0.25) is 0 Å². The second-order valence-electron chi connectivity index (χ2n) is 3.72. The number of anilines is 1. The lowest BCUT2D eigenvalue weighted by Gasteiger charge is -2.25. The lowest BCUT2D eigenvalue weighted by atomic mass is 10.1. The van der Waals surface area contributed by atoms with Crippen LogP contribution in [0.1, 0.15) is 13.8 Å². The molecule has 3 heteroatoms. The van der Waals surface area contributed by atoms with Crippen molar-refractivity contribution in [2.24, 2.45) is 5.73 Å². The normalized spacial score (nSPS) is 11.4. The number of nitrogens with two attached hydrogens (primary N) is 1. The molecule has 0 radical (unpaired) electrons. The van der Waals surface area contributed by atoms with E-state index in [0.29, 0.717) is 6.54 Å². The molecule has 0 atom stereocenters. The molecule has 2 nitrogen and oxygen atoms in total. The minimum Gasteiger partial charge on any atom is -0.379 e. The molecule has 0 spiro atoms. The van der Waals surface area contributed by atoms with Gasteiger partial charge in [0.15, 0.2) is 0 Å². The van der Waals surface area contributed by atoms with Gasteiger partial charge in [-0.25, -0.2) is 4.39 Å². The monoisotopic (exact) mass is 182 g/mol. The third-order valence-electron chi connectivity index (χ3n) is 1.84. The van der Waals surface area contributed by atoms with Gasteiger partial charge in [0, 0.05) is 17.8 Å². The Labute approximate surface area is 77.9 Å². The predicted octanol–water partition coefficient (Wildman–Crippen LogP) is 1.97. The fourth-order valence-corrected chi connectivity index (χ4v) is 0.975. The van der Waals surface area contributed by atoms with Crippen LogP contribution in [-0.2, 0) is 0 Å². The van der Waals surface area contributed by atoms with Crippen molar-refractivity contribution in [3.05, 3.63) is 30.1 Å². The van der Waals surface area contributed by atoms with E-state index in [4.69, 9.17) is 5.73 Å². The summed E-state index contributed by atoms with van der Waals surface area (Å²) in [5.41, 5.74) is 6.28. The first kappa shape index (κ1) is 9.99. The molecule has 0 fully saturated rings. The van der Waals surface area contributed by atoms with Crippen LogP contribution < -0.4 is 11.1 Å². The second kappa shape index (κ2) is 3.75. The molecule has 1 aromatic rings. The van der Waals surface area contributed by atoms with E-state index in [1.807, 2.05) is 13.8 Å². The Balaban J connectivity index is 2.69. The predicted molar refractivity (Wildman–Crippen MR) is 53.2 cm³/mol. The Hall–Kier alpha value is -1.09. The van der Waals surface area contributed by atoms with Crippen molar-refractivity contribution < 1.29 is 4.39 Å². The highest BCUT2D eigenvalue weighted by atomic mass is 19.1. The fraction of sp³-hybridized carbons (Fsp3) is 0.400. The first-order valence-corrected chi connectivity index (χ1v) is 4.27. The van der Waals surface area contributed by atoms with Crippen LogP contribution in [0.15, 0.2) is 24.3 Å². The van der Waals surface area contributed by atoms with E-state index in [1.165, 1.54) is 12.1 Å². The van der Waals surface area contributed by atoms with Crippen LogP contribution in [0.5, 0.6) is 0 Å². The number of rotatable bonds is 3. The van der Waals surface area contributed by atoms with Crippen LogP contribution in [0.25, 0.3) is 0 Å². The maximum atomic E-state index is 12.5. The summed E-state index contributed by atoms with van der Waals surface area (Å²) in [4.78, 5) is 0. The molecule has 0 bridgehead atoms. The molecule has 1 rings (SSSR count). The van der Waals surface area contributed by atoms with Crippen molar-refractivity contribution in [3.8, 4) is 0 Å². The summed E-state index contributed by atoms with van der Waals surface area (Å²) in [7, 11) is 0. The Kier molecular flexibility index (Phi) is 2.88. The van der Waals surface area contributed by atoms with Crippen molar-refractivity contribution in [1.29, 1.82) is 0 Å². The van der Waals surface area contributed by atoms with Gasteiger partial charge in [-0.05, 0) is 38.1 Å². The summed E-state index contributed by atoms with van der Waals surface area (Å²) >= 11 is 0. The van der Waals surface area contributed by atoms with Gasteiger partial charge in [0.25, 0.3) is 0 Å². The summed E-state index contributed by atoms with van der Waals surface area (Å²) < 4.78 is 12.5. The summed E-state index contributed by atoms with van der Waals surface area (Å²) in [6.07, 6.45) is 0. The van der Waals surface area contributed by atoms with Gasteiger partial charge in [-0.3, -0.25) is 0 Å². The third-order valence-corrected chi connectivity index (χ3v) is 1.84. The van der Waals surface area contributed by atoms with E-state index < -0.39 is 0 Å². The third kappa shape index (κ3) is 3.03. The number of halogens is 1. The molecule has 0 aliphatic carbocycles. The topological polar surface area (TPSA) is 38.0 Å². The highest BCUT2D eigenvalue weighted by molar-refractivity contribution is 5.45. The van der Waals surface area contributed by atoms with Crippen LogP contribution >= 0.6 is 0 Å². The first-order valence-electron chi connectivity index (χ1n) is 4.27. The van der Waals surface area contributed by atoms with Crippen LogP contribution in [0.3, 0.4) is 0 Å². The first-order chi connectivity index (χ1) is 6.03. The molecular weight excluding hydrogens is 167 g/mol. The van der Waals surface area contributed by atoms with Crippen molar-refractivity contribution in [1.82, 2.24) is 0 Å². The molecule has 1 aromatic carbocycles. The summed E-state index contributed by atoms with van der Waals surface area (Å²) in [6.45, 7) is 4.52. The van der Waals surface area contributed by atoms with Gasteiger partial charge in [-0.1, -0.05) is 0 Å². The number of benzene rings is 1. The number of nitrogens with one attached hydrogen (secondary N) is 1. The van der Waals surface area contributed by atoms with Gasteiger partial charge in [0.1, 0.15) is 5.82 Å². The minimum absolute atomic E-state index is 0.155. The van der Waals surface area contributed by atoms with E-state index in [0.717, 1.165) is 5.69 Å². The van der Waals surface area contributed by atoms with Crippen molar-refractivity contribution in [2.75, 3.05) is 11.9 Å². The van der Waals surface area contributed by atoms with Gasteiger partial charge >= 0.3 is 0 Å². The van der Waals surface area contributed by atoms with E-state index in [9.17, 15) is 4.39 Å². The van der Waals surface area contributed by atoms with E-state index >= 15 is 0 Å². The van der Waals surface area contributed by atoms with E-state index in [-0.39, 0.29) is 11.4 Å². The molecule has 0 unspecified atom stereocenters. The summed E-state index contributed by atoms with van der Waals surface area (Å²) in [6, 6.07) is 6.25. The lowest BCUT2D eigenvalue weighted by Crippen LogP contribution is -2.39. The van der Waals surface area contributed by atoms with Crippen LogP contribution in [0, 0.1) is 5.82 Å². The molecule has 0 amide bonds. The Morgan fingerprint density at radius 2 is 1.85 bits per heavy atom. The quantitative estimate of drug-likeness (QED) is 0.750. The fourth-order valence-electron chi connectivity index (χ4n) is 0.975. The standard InChI is InChI=1S/C10H15FN2/c1-10(2,7-12)13-9-5-3-8(11)4-6-9/h3-6,13H,7,12H2,1-2H3. The molecule has 0 heterocycles. The molecule has 0 aliphatic heterocycles. The molecular formula is C10H15FN2. The van der Waals surface area contributed by atoms with Crippen molar-refractivity contribution in [3.63, 3.8) is 0 Å². The Bertz CT molecular complexity index is 267. The molecule has 3 N–H and O–H groups in total. The Morgan fingerprint density at radius 1 is 1.31 bits per heavy atom. The van der Waals surface area contributed by atoms with Gasteiger partial charge in [0.2, 0.25) is 0 Å². The van der Waals surface area contributed by atoms with Crippen molar-refractivity contribution >= 4 is 5.69 Å². The molecule has 13 heavy (non-hydrogen) atoms. The van der Waals surface area contributed by atoms with Gasteiger partial charge < -0.3 is 11.1 Å². The molecule has 0 saturated heterocycles.